The summed E-state index contributed by atoms with van der Waals surface area (Å²) >= 11 is 0. The van der Waals surface area contributed by atoms with Crippen molar-refractivity contribution < 1.29 is 13.5 Å². The quantitative estimate of drug-likeness (QED) is 0.796. The van der Waals surface area contributed by atoms with E-state index in [2.05, 4.69) is 4.72 Å². The molecule has 0 bridgehead atoms. The van der Waals surface area contributed by atoms with Gasteiger partial charge in [-0.25, -0.2) is 13.1 Å². The second-order valence-electron chi connectivity index (χ2n) is 3.16. The summed E-state index contributed by atoms with van der Waals surface area (Å²) in [6.07, 6.45) is 0.641. The predicted molar refractivity (Wildman–Crippen MR) is 58.0 cm³/mol. The lowest BCUT2D eigenvalue weighted by Gasteiger charge is -2.09. The lowest BCUT2D eigenvalue weighted by atomic mass is 10.1. The Kier molecular flexibility index (Phi) is 3.84. The van der Waals surface area contributed by atoms with Gasteiger partial charge in [0.25, 0.3) is 0 Å². The zero-order valence-electron chi connectivity index (χ0n) is 8.82. The highest BCUT2D eigenvalue weighted by Crippen LogP contribution is 2.18. The van der Waals surface area contributed by atoms with Crippen molar-refractivity contribution in [1.29, 1.82) is 0 Å². The summed E-state index contributed by atoms with van der Waals surface area (Å²) in [4.78, 5) is 0.249. The van der Waals surface area contributed by atoms with Crippen molar-refractivity contribution in [3.05, 3.63) is 29.3 Å². The molecule has 0 heterocycles. The highest BCUT2D eigenvalue weighted by molar-refractivity contribution is 7.89. The maximum atomic E-state index is 11.7. The molecule has 0 spiro atoms. The molecule has 1 aromatic rings. The van der Waals surface area contributed by atoms with Crippen LogP contribution in [0.15, 0.2) is 23.1 Å². The van der Waals surface area contributed by atoms with Crippen LogP contribution in [-0.2, 0) is 23.1 Å². The maximum Gasteiger partial charge on any atom is 0.240 e. The third kappa shape index (κ3) is 2.56. The molecule has 84 valence electrons. The molecule has 0 saturated heterocycles. The highest BCUT2D eigenvalue weighted by atomic mass is 32.2. The van der Waals surface area contributed by atoms with E-state index >= 15 is 0 Å². The van der Waals surface area contributed by atoms with E-state index in [4.69, 9.17) is 5.11 Å². The largest absolute Gasteiger partial charge is 0.392 e. The summed E-state index contributed by atoms with van der Waals surface area (Å²) in [6, 6.07) is 4.97. The van der Waals surface area contributed by atoms with E-state index in [9.17, 15) is 8.42 Å². The van der Waals surface area contributed by atoms with Crippen molar-refractivity contribution in [1.82, 2.24) is 4.72 Å². The molecular weight excluding hydrogens is 214 g/mol. The van der Waals surface area contributed by atoms with Crippen molar-refractivity contribution in [2.24, 2.45) is 0 Å². The van der Waals surface area contributed by atoms with Crippen molar-refractivity contribution in [2.75, 3.05) is 7.05 Å². The van der Waals surface area contributed by atoms with E-state index in [0.29, 0.717) is 12.0 Å². The third-order valence-corrected chi connectivity index (χ3v) is 3.75. The first kappa shape index (κ1) is 12.2. The number of aliphatic hydroxyl groups is 1. The average molecular weight is 229 g/mol. The fraction of sp³-hybridized carbons (Fsp3) is 0.400. The number of aliphatic hydroxyl groups excluding tert-OH is 1. The summed E-state index contributed by atoms with van der Waals surface area (Å²) in [7, 11) is -2.06. The molecule has 0 fully saturated rings. The number of hydrogen-bond acceptors (Lipinski definition) is 3. The second-order valence-corrected chi connectivity index (χ2v) is 5.02. The maximum absolute atomic E-state index is 11.7. The topological polar surface area (TPSA) is 66.4 Å². The Hall–Kier alpha value is -0.910. The molecule has 5 heteroatoms. The number of sulfonamides is 1. The van der Waals surface area contributed by atoms with E-state index in [-0.39, 0.29) is 11.5 Å². The van der Waals surface area contributed by atoms with Gasteiger partial charge in [-0.1, -0.05) is 19.1 Å². The number of hydrogen-bond donors (Lipinski definition) is 2. The van der Waals surface area contributed by atoms with Crippen LogP contribution in [-0.4, -0.2) is 20.6 Å². The van der Waals surface area contributed by atoms with Gasteiger partial charge in [0.1, 0.15) is 0 Å². The molecule has 0 aliphatic rings. The molecular formula is C10H15NO3S. The molecule has 0 aromatic heterocycles. The fourth-order valence-corrected chi connectivity index (χ4v) is 2.43. The molecule has 4 nitrogen and oxygen atoms in total. The van der Waals surface area contributed by atoms with Crippen LogP contribution in [0.3, 0.4) is 0 Å². The molecule has 1 aromatic carbocycles. The molecule has 0 aliphatic heterocycles. The van der Waals surface area contributed by atoms with Crippen molar-refractivity contribution in [2.45, 2.75) is 24.8 Å². The van der Waals surface area contributed by atoms with E-state index < -0.39 is 10.0 Å². The predicted octanol–water partition coefficient (Wildman–Crippen LogP) is 0.649. The van der Waals surface area contributed by atoms with Crippen molar-refractivity contribution in [3.8, 4) is 0 Å². The van der Waals surface area contributed by atoms with Crippen LogP contribution in [0.4, 0.5) is 0 Å². The van der Waals surface area contributed by atoms with Crippen LogP contribution in [0.25, 0.3) is 0 Å². The minimum Gasteiger partial charge on any atom is -0.392 e. The third-order valence-electron chi connectivity index (χ3n) is 2.25. The molecule has 2 N–H and O–H groups in total. The second kappa shape index (κ2) is 4.74. The van der Waals surface area contributed by atoms with Gasteiger partial charge in [0, 0.05) is 0 Å². The van der Waals surface area contributed by atoms with Gasteiger partial charge in [-0.3, -0.25) is 0 Å². The van der Waals surface area contributed by atoms with Crippen LogP contribution in [0.1, 0.15) is 18.1 Å². The van der Waals surface area contributed by atoms with E-state index in [1.54, 1.807) is 12.1 Å². The van der Waals surface area contributed by atoms with Gasteiger partial charge >= 0.3 is 0 Å². The Labute approximate surface area is 90.0 Å². The smallest absolute Gasteiger partial charge is 0.240 e. The van der Waals surface area contributed by atoms with Crippen molar-refractivity contribution in [3.63, 3.8) is 0 Å². The zero-order valence-corrected chi connectivity index (χ0v) is 9.63. The molecule has 0 aliphatic carbocycles. The summed E-state index contributed by atoms with van der Waals surface area (Å²) in [5.41, 5.74) is 1.35. The van der Waals surface area contributed by atoms with Crippen LogP contribution in [0, 0.1) is 0 Å². The SMILES string of the molecule is CCc1ccc(CO)cc1S(=O)(=O)NC. The highest BCUT2D eigenvalue weighted by Gasteiger charge is 2.15. The molecule has 0 amide bonds. The van der Waals surface area contributed by atoms with Gasteiger partial charge in [0.2, 0.25) is 10.0 Å². The molecule has 0 atom stereocenters. The van der Waals surface area contributed by atoms with Gasteiger partial charge in [0.05, 0.1) is 11.5 Å². The molecule has 0 radical (unpaired) electrons. The monoisotopic (exact) mass is 229 g/mol. The summed E-state index contributed by atoms with van der Waals surface area (Å²) in [5, 5.41) is 8.95. The molecule has 15 heavy (non-hydrogen) atoms. The van der Waals surface area contributed by atoms with Gasteiger partial charge in [-0.15, -0.1) is 0 Å². The summed E-state index contributed by atoms with van der Waals surface area (Å²) < 4.78 is 25.6. The van der Waals surface area contributed by atoms with Gasteiger partial charge in [-0.2, -0.15) is 0 Å². The normalized spacial score (nSPS) is 11.7. The summed E-state index contributed by atoms with van der Waals surface area (Å²) in [6.45, 7) is 1.73. The van der Waals surface area contributed by atoms with Gasteiger partial charge < -0.3 is 5.11 Å². The van der Waals surface area contributed by atoms with Crippen LogP contribution < -0.4 is 4.72 Å². The molecule has 0 saturated carbocycles. The average Bonchev–Trinajstić information content (AvgIpc) is 2.28. The molecule has 1 rings (SSSR count). The first-order valence-electron chi connectivity index (χ1n) is 4.71. The Morgan fingerprint density at radius 2 is 2.07 bits per heavy atom. The fourth-order valence-electron chi connectivity index (χ4n) is 1.35. The first-order chi connectivity index (χ1) is 7.05. The van der Waals surface area contributed by atoms with Crippen LogP contribution in [0.2, 0.25) is 0 Å². The summed E-state index contributed by atoms with van der Waals surface area (Å²) in [5.74, 6) is 0. The minimum absolute atomic E-state index is 0.157. The zero-order chi connectivity index (χ0) is 11.5. The Bertz CT molecular complexity index is 440. The minimum atomic E-state index is -3.43. The lowest BCUT2D eigenvalue weighted by Crippen LogP contribution is -2.20. The Morgan fingerprint density at radius 3 is 2.53 bits per heavy atom. The van der Waals surface area contributed by atoms with E-state index in [1.165, 1.54) is 13.1 Å². The van der Waals surface area contributed by atoms with Gasteiger partial charge in [0.15, 0.2) is 0 Å². The number of rotatable bonds is 4. The lowest BCUT2D eigenvalue weighted by molar-refractivity contribution is 0.281. The Morgan fingerprint density at radius 1 is 1.40 bits per heavy atom. The van der Waals surface area contributed by atoms with Crippen LogP contribution >= 0.6 is 0 Å². The number of nitrogens with one attached hydrogen (secondary N) is 1. The van der Waals surface area contributed by atoms with Gasteiger partial charge in [-0.05, 0) is 30.7 Å². The molecule has 0 unspecified atom stereocenters. The van der Waals surface area contributed by atoms with Crippen LogP contribution in [0.5, 0.6) is 0 Å². The Balaban J connectivity index is 3.36. The first-order valence-corrected chi connectivity index (χ1v) is 6.19. The number of benzene rings is 1. The van der Waals surface area contributed by atoms with E-state index in [0.717, 1.165) is 5.56 Å². The number of aryl methyl sites for hydroxylation is 1. The van der Waals surface area contributed by atoms with E-state index in [1.807, 2.05) is 6.92 Å². The standard InChI is InChI=1S/C10H15NO3S/c1-3-9-5-4-8(7-12)6-10(9)15(13,14)11-2/h4-6,11-12H,3,7H2,1-2H3. The van der Waals surface area contributed by atoms with Crippen molar-refractivity contribution >= 4 is 10.0 Å².